The van der Waals surface area contributed by atoms with Gasteiger partial charge in [0.2, 0.25) is 0 Å². The lowest BCUT2D eigenvalue weighted by Gasteiger charge is -2.36. The second-order valence-corrected chi connectivity index (χ2v) is 6.09. The average Bonchev–Trinajstić information content (AvgIpc) is 2.62. The number of Topliss-reactive ketones (excluding diaryl/α,β-unsaturated/α-hetero) is 1. The molecule has 2 atom stereocenters. The van der Waals surface area contributed by atoms with Gasteiger partial charge in [-0.2, -0.15) is 0 Å². The molecular weight excluding hydrogens is 322 g/mol. The summed E-state index contributed by atoms with van der Waals surface area (Å²) in [6.45, 7) is 2.48. The van der Waals surface area contributed by atoms with Gasteiger partial charge in [0.15, 0.2) is 0 Å². The molecule has 6 nitrogen and oxygen atoms in total. The lowest BCUT2D eigenvalue weighted by atomic mass is 9.78. The van der Waals surface area contributed by atoms with Crippen molar-refractivity contribution in [2.75, 3.05) is 20.8 Å². The lowest BCUT2D eigenvalue weighted by molar-refractivity contribution is -0.143. The zero-order valence-corrected chi connectivity index (χ0v) is 14.7. The fraction of sp³-hybridized carbons (Fsp3) is 0.421. The highest BCUT2D eigenvalue weighted by Crippen LogP contribution is 2.33. The van der Waals surface area contributed by atoms with E-state index in [9.17, 15) is 14.4 Å². The molecule has 1 aliphatic heterocycles. The van der Waals surface area contributed by atoms with E-state index in [0.717, 1.165) is 5.56 Å². The Morgan fingerprint density at radius 1 is 1.12 bits per heavy atom. The zero-order chi connectivity index (χ0) is 18.4. The minimum Gasteiger partial charge on any atom is -0.469 e. The van der Waals surface area contributed by atoms with Crippen LogP contribution in [-0.4, -0.2) is 43.4 Å². The molecule has 1 aromatic carbocycles. The van der Waals surface area contributed by atoms with Crippen LogP contribution in [-0.2, 0) is 30.4 Å². The fourth-order valence-corrected chi connectivity index (χ4v) is 3.12. The van der Waals surface area contributed by atoms with Crippen molar-refractivity contribution in [3.05, 3.63) is 47.7 Å². The highest BCUT2D eigenvalue weighted by Gasteiger charge is 2.38. The number of nitrogens with zero attached hydrogens (tertiary/aromatic N) is 1. The molecule has 0 unspecified atom stereocenters. The average molecular weight is 345 g/mol. The summed E-state index contributed by atoms with van der Waals surface area (Å²) < 4.78 is 9.59. The minimum absolute atomic E-state index is 0.0269. The summed E-state index contributed by atoms with van der Waals surface area (Å²) in [4.78, 5) is 38.1. The maximum Gasteiger partial charge on any atom is 0.335 e. The van der Waals surface area contributed by atoms with Crippen LogP contribution in [0.25, 0.3) is 0 Å². The van der Waals surface area contributed by atoms with Crippen LogP contribution < -0.4 is 0 Å². The Morgan fingerprint density at radius 3 is 2.36 bits per heavy atom. The maximum atomic E-state index is 12.2. The molecule has 6 heteroatoms. The van der Waals surface area contributed by atoms with Crippen LogP contribution in [0.3, 0.4) is 0 Å². The summed E-state index contributed by atoms with van der Waals surface area (Å²) in [6.07, 6.45) is 1.67. The van der Waals surface area contributed by atoms with Gasteiger partial charge < -0.3 is 14.4 Å². The molecule has 0 radical (unpaired) electrons. The Kier molecular flexibility index (Phi) is 6.33. The second-order valence-electron chi connectivity index (χ2n) is 6.09. The Labute approximate surface area is 147 Å². The van der Waals surface area contributed by atoms with Gasteiger partial charge in [-0.15, -0.1) is 0 Å². The van der Waals surface area contributed by atoms with Crippen molar-refractivity contribution >= 4 is 17.7 Å². The summed E-state index contributed by atoms with van der Waals surface area (Å²) in [5, 5.41) is 0. The number of carbonyl (C=O) groups excluding carboxylic acids is 3. The molecule has 0 spiro atoms. The van der Waals surface area contributed by atoms with Gasteiger partial charge >= 0.3 is 11.9 Å². The lowest BCUT2D eigenvalue weighted by Crippen LogP contribution is -2.41. The molecule has 2 rings (SSSR count). The first kappa shape index (κ1) is 18.7. The van der Waals surface area contributed by atoms with Crippen LogP contribution in [0.5, 0.6) is 0 Å². The molecule has 1 aliphatic rings. The second kappa shape index (κ2) is 8.46. The summed E-state index contributed by atoms with van der Waals surface area (Å²) in [5.74, 6) is -2.06. The normalized spacial score (nSPS) is 19.8. The number of methoxy groups -OCH3 is 2. The molecule has 0 fully saturated rings. The maximum absolute atomic E-state index is 12.2. The minimum atomic E-state index is -0.538. The highest BCUT2D eigenvalue weighted by molar-refractivity contribution is 5.92. The van der Waals surface area contributed by atoms with E-state index in [4.69, 9.17) is 9.47 Å². The number of carbonyl (C=O) groups is 3. The van der Waals surface area contributed by atoms with Gasteiger partial charge in [0, 0.05) is 31.1 Å². The van der Waals surface area contributed by atoms with Gasteiger partial charge in [0.25, 0.3) is 0 Å². The first-order chi connectivity index (χ1) is 12.0. The van der Waals surface area contributed by atoms with Crippen molar-refractivity contribution in [2.45, 2.75) is 19.9 Å². The van der Waals surface area contributed by atoms with Gasteiger partial charge in [-0.1, -0.05) is 30.3 Å². The smallest absolute Gasteiger partial charge is 0.335 e. The number of ether oxygens (including phenoxy) is 2. The van der Waals surface area contributed by atoms with Crippen molar-refractivity contribution in [3.63, 3.8) is 0 Å². The Bertz CT molecular complexity index is 668. The van der Waals surface area contributed by atoms with E-state index in [0.29, 0.717) is 18.7 Å². The molecule has 0 bridgehead atoms. The van der Waals surface area contributed by atoms with Crippen LogP contribution in [0.4, 0.5) is 0 Å². The number of hydrogen-bond acceptors (Lipinski definition) is 6. The van der Waals surface area contributed by atoms with Gasteiger partial charge in [-0.3, -0.25) is 9.59 Å². The summed E-state index contributed by atoms with van der Waals surface area (Å²) in [6, 6.07) is 9.77. The molecule has 0 saturated heterocycles. The standard InChI is InChI=1S/C19H23NO5/c1-13(21)16-11-20(10-14-7-5-4-6-8-14)12-17(19(23)25-3)15(16)9-18(22)24-2/h4-8,12,15-16H,9-11H2,1-3H3/t15-,16+/m0/s1. The molecule has 0 N–H and O–H groups in total. The predicted molar refractivity (Wildman–Crippen MR) is 91.2 cm³/mol. The monoisotopic (exact) mass is 345 g/mol. The van der Waals surface area contributed by atoms with E-state index >= 15 is 0 Å². The first-order valence-corrected chi connectivity index (χ1v) is 8.11. The quantitative estimate of drug-likeness (QED) is 0.734. The Hall–Kier alpha value is -2.63. The van der Waals surface area contributed by atoms with Gasteiger partial charge in [-0.25, -0.2) is 4.79 Å². The summed E-state index contributed by atoms with van der Waals surface area (Å²) in [5.41, 5.74) is 1.40. The number of hydrogen-bond donors (Lipinski definition) is 0. The third-order valence-electron chi connectivity index (χ3n) is 4.42. The molecule has 0 amide bonds. The van der Waals surface area contributed by atoms with E-state index in [-0.39, 0.29) is 12.2 Å². The Balaban J connectivity index is 2.34. The molecular formula is C19H23NO5. The van der Waals surface area contributed by atoms with Crippen molar-refractivity contribution < 1.29 is 23.9 Å². The molecule has 25 heavy (non-hydrogen) atoms. The molecule has 134 valence electrons. The van der Waals surface area contributed by atoms with E-state index < -0.39 is 23.8 Å². The van der Waals surface area contributed by atoms with Gasteiger partial charge in [0.05, 0.1) is 26.2 Å². The first-order valence-electron chi connectivity index (χ1n) is 8.11. The van der Waals surface area contributed by atoms with Crippen molar-refractivity contribution in [3.8, 4) is 0 Å². The van der Waals surface area contributed by atoms with Gasteiger partial charge in [-0.05, 0) is 12.5 Å². The SMILES string of the molecule is COC(=O)C[C@@H]1C(C(=O)OC)=CN(Cc2ccccc2)C[C@@H]1C(C)=O. The third kappa shape index (κ3) is 4.68. The molecule has 1 heterocycles. The summed E-state index contributed by atoms with van der Waals surface area (Å²) in [7, 11) is 2.58. The van der Waals surface area contributed by atoms with E-state index in [1.54, 1.807) is 6.20 Å². The fourth-order valence-electron chi connectivity index (χ4n) is 3.12. The topological polar surface area (TPSA) is 72.9 Å². The molecule has 0 aromatic heterocycles. The number of benzene rings is 1. The van der Waals surface area contributed by atoms with Crippen molar-refractivity contribution in [1.82, 2.24) is 4.90 Å². The van der Waals surface area contributed by atoms with Crippen LogP contribution in [0, 0.1) is 11.8 Å². The number of esters is 2. The van der Waals surface area contributed by atoms with Crippen LogP contribution in [0.2, 0.25) is 0 Å². The van der Waals surface area contributed by atoms with Gasteiger partial charge in [0.1, 0.15) is 5.78 Å². The van der Waals surface area contributed by atoms with Crippen LogP contribution in [0.15, 0.2) is 42.1 Å². The van der Waals surface area contributed by atoms with E-state index in [2.05, 4.69) is 0 Å². The zero-order valence-electron chi connectivity index (χ0n) is 14.7. The third-order valence-corrected chi connectivity index (χ3v) is 4.42. The summed E-state index contributed by atoms with van der Waals surface area (Å²) >= 11 is 0. The number of ketones is 1. The predicted octanol–water partition coefficient (Wildman–Crippen LogP) is 1.94. The molecule has 0 saturated carbocycles. The van der Waals surface area contributed by atoms with Crippen LogP contribution in [0.1, 0.15) is 18.9 Å². The van der Waals surface area contributed by atoms with Crippen molar-refractivity contribution in [2.24, 2.45) is 11.8 Å². The highest BCUT2D eigenvalue weighted by atomic mass is 16.5. The van der Waals surface area contributed by atoms with Crippen molar-refractivity contribution in [1.29, 1.82) is 0 Å². The van der Waals surface area contributed by atoms with E-state index in [1.165, 1.54) is 21.1 Å². The number of rotatable bonds is 6. The van der Waals surface area contributed by atoms with Crippen LogP contribution >= 0.6 is 0 Å². The largest absolute Gasteiger partial charge is 0.469 e. The molecule has 0 aliphatic carbocycles. The molecule has 1 aromatic rings. The van der Waals surface area contributed by atoms with E-state index in [1.807, 2.05) is 35.2 Å². The Morgan fingerprint density at radius 2 is 1.80 bits per heavy atom.